The first kappa shape index (κ1) is 11.7. The summed E-state index contributed by atoms with van der Waals surface area (Å²) in [6.45, 7) is 6.66. The molecule has 0 radical (unpaired) electrons. The van der Waals surface area contributed by atoms with Crippen LogP contribution in [0.5, 0.6) is 0 Å². The lowest BCUT2D eigenvalue weighted by Gasteiger charge is -2.29. The highest BCUT2D eigenvalue weighted by Crippen LogP contribution is 2.17. The van der Waals surface area contributed by atoms with Crippen molar-refractivity contribution in [2.24, 2.45) is 10.9 Å². The molecule has 0 amide bonds. The molecule has 0 aliphatic carbocycles. The highest BCUT2D eigenvalue weighted by atomic mass is 15.2. The minimum atomic E-state index is 0.503. The molecule has 0 aromatic rings. The van der Waals surface area contributed by atoms with E-state index in [2.05, 4.69) is 34.5 Å². The zero-order valence-corrected chi connectivity index (χ0v) is 10.5. The summed E-state index contributed by atoms with van der Waals surface area (Å²) in [6, 6.07) is 0.503. The van der Waals surface area contributed by atoms with Crippen molar-refractivity contribution in [3.05, 3.63) is 0 Å². The van der Waals surface area contributed by atoms with E-state index in [0.29, 0.717) is 6.04 Å². The first-order valence-electron chi connectivity index (χ1n) is 6.47. The van der Waals surface area contributed by atoms with Crippen LogP contribution in [-0.2, 0) is 0 Å². The molecule has 1 saturated heterocycles. The number of nitrogens with one attached hydrogen (secondary N) is 2. The lowest BCUT2D eigenvalue weighted by atomic mass is 9.95. The van der Waals surface area contributed by atoms with Gasteiger partial charge in [0.2, 0.25) is 0 Å². The van der Waals surface area contributed by atoms with Gasteiger partial charge in [-0.05, 0) is 45.7 Å². The quantitative estimate of drug-likeness (QED) is 0.739. The number of piperidine rings is 1. The van der Waals surface area contributed by atoms with Gasteiger partial charge in [-0.15, -0.1) is 0 Å². The van der Waals surface area contributed by atoms with Crippen molar-refractivity contribution in [3.63, 3.8) is 0 Å². The van der Waals surface area contributed by atoms with Crippen molar-refractivity contribution in [1.82, 2.24) is 15.5 Å². The molecular weight excluding hydrogens is 200 g/mol. The molecule has 0 saturated carbocycles. The molecule has 4 nitrogen and oxygen atoms in total. The van der Waals surface area contributed by atoms with E-state index in [1.807, 2.05) is 0 Å². The number of nitrogens with zero attached hydrogens (tertiary/aromatic N) is 2. The van der Waals surface area contributed by atoms with Crippen LogP contribution in [0.1, 0.15) is 26.2 Å². The third-order valence-corrected chi connectivity index (χ3v) is 3.47. The normalized spacial score (nSPS) is 31.0. The highest BCUT2D eigenvalue weighted by molar-refractivity contribution is 5.81. The second-order valence-electron chi connectivity index (χ2n) is 5.22. The molecule has 2 unspecified atom stereocenters. The molecule has 92 valence electrons. The van der Waals surface area contributed by atoms with Gasteiger partial charge in [0.15, 0.2) is 5.96 Å². The van der Waals surface area contributed by atoms with E-state index in [-0.39, 0.29) is 0 Å². The molecule has 2 aliphatic heterocycles. The molecule has 0 aromatic carbocycles. The number of hydrogen-bond acceptors (Lipinski definition) is 4. The van der Waals surface area contributed by atoms with Crippen molar-refractivity contribution in [2.45, 2.75) is 32.2 Å². The van der Waals surface area contributed by atoms with Crippen molar-refractivity contribution in [3.8, 4) is 0 Å². The van der Waals surface area contributed by atoms with E-state index < -0.39 is 0 Å². The Balaban J connectivity index is 1.61. The van der Waals surface area contributed by atoms with E-state index in [1.54, 1.807) is 0 Å². The summed E-state index contributed by atoms with van der Waals surface area (Å²) in [5.41, 5.74) is 0. The number of guanidine groups is 1. The van der Waals surface area contributed by atoms with Crippen molar-refractivity contribution >= 4 is 5.96 Å². The van der Waals surface area contributed by atoms with Crippen LogP contribution < -0.4 is 10.6 Å². The van der Waals surface area contributed by atoms with E-state index in [1.165, 1.54) is 32.4 Å². The molecule has 0 bridgehead atoms. The lowest BCUT2D eigenvalue weighted by Crippen LogP contribution is -2.39. The Labute approximate surface area is 98.5 Å². The van der Waals surface area contributed by atoms with Gasteiger partial charge >= 0.3 is 0 Å². The maximum atomic E-state index is 4.40. The van der Waals surface area contributed by atoms with E-state index in [0.717, 1.165) is 25.0 Å². The van der Waals surface area contributed by atoms with Gasteiger partial charge < -0.3 is 15.5 Å². The zero-order chi connectivity index (χ0) is 11.4. The van der Waals surface area contributed by atoms with Gasteiger partial charge in [-0.25, -0.2) is 0 Å². The maximum Gasteiger partial charge on any atom is 0.191 e. The molecule has 2 rings (SSSR count). The summed E-state index contributed by atoms with van der Waals surface area (Å²) in [4.78, 5) is 6.84. The largest absolute Gasteiger partial charge is 0.356 e. The fourth-order valence-corrected chi connectivity index (χ4v) is 2.56. The summed E-state index contributed by atoms with van der Waals surface area (Å²) in [6.07, 6.45) is 4.01. The standard InChI is InChI=1S/C12H24N4/c1-10-8-14-12(15-10)13-6-5-11-4-3-7-16(2)9-11/h10-11H,3-9H2,1-2H3,(H2,13,14,15). The SMILES string of the molecule is CC1CN=C(NCCC2CCCN(C)C2)N1. The Morgan fingerprint density at radius 1 is 1.56 bits per heavy atom. The van der Waals surface area contributed by atoms with Crippen molar-refractivity contribution in [2.75, 3.05) is 33.2 Å². The Morgan fingerprint density at radius 2 is 2.44 bits per heavy atom. The van der Waals surface area contributed by atoms with E-state index >= 15 is 0 Å². The predicted molar refractivity (Wildman–Crippen MR) is 67.7 cm³/mol. The molecule has 2 aliphatic rings. The van der Waals surface area contributed by atoms with Gasteiger partial charge in [0.05, 0.1) is 6.54 Å². The van der Waals surface area contributed by atoms with Crippen LogP contribution in [-0.4, -0.2) is 50.1 Å². The van der Waals surface area contributed by atoms with Crippen LogP contribution in [0, 0.1) is 5.92 Å². The third kappa shape index (κ3) is 3.37. The summed E-state index contributed by atoms with van der Waals surface area (Å²) in [5.74, 6) is 1.86. The molecule has 1 fully saturated rings. The molecular formula is C12H24N4. The van der Waals surface area contributed by atoms with E-state index in [9.17, 15) is 0 Å². The first-order valence-corrected chi connectivity index (χ1v) is 6.47. The van der Waals surface area contributed by atoms with Gasteiger partial charge in [0.25, 0.3) is 0 Å². The zero-order valence-electron chi connectivity index (χ0n) is 10.5. The van der Waals surface area contributed by atoms with Crippen molar-refractivity contribution in [1.29, 1.82) is 0 Å². The Bertz CT molecular complexity index is 251. The van der Waals surface area contributed by atoms with Gasteiger partial charge in [0, 0.05) is 19.1 Å². The van der Waals surface area contributed by atoms with Gasteiger partial charge in [-0.1, -0.05) is 0 Å². The second-order valence-corrected chi connectivity index (χ2v) is 5.22. The van der Waals surface area contributed by atoms with Gasteiger partial charge in [-0.3, -0.25) is 4.99 Å². The second kappa shape index (κ2) is 5.53. The fraction of sp³-hybridized carbons (Fsp3) is 0.917. The van der Waals surface area contributed by atoms with E-state index in [4.69, 9.17) is 0 Å². The third-order valence-electron chi connectivity index (χ3n) is 3.47. The average Bonchev–Trinajstić information content (AvgIpc) is 2.64. The predicted octanol–water partition coefficient (Wildman–Crippen LogP) is 0.656. The topological polar surface area (TPSA) is 39.7 Å². The molecule has 0 aromatic heterocycles. The van der Waals surface area contributed by atoms with Crippen molar-refractivity contribution < 1.29 is 0 Å². The molecule has 2 N–H and O–H groups in total. The minimum Gasteiger partial charge on any atom is -0.356 e. The molecule has 16 heavy (non-hydrogen) atoms. The lowest BCUT2D eigenvalue weighted by molar-refractivity contribution is 0.203. The number of rotatable bonds is 3. The fourth-order valence-electron chi connectivity index (χ4n) is 2.56. The minimum absolute atomic E-state index is 0.503. The smallest absolute Gasteiger partial charge is 0.191 e. The summed E-state index contributed by atoms with van der Waals surface area (Å²) in [5, 5.41) is 6.72. The van der Waals surface area contributed by atoms with Crippen LogP contribution >= 0.6 is 0 Å². The van der Waals surface area contributed by atoms with Crippen LogP contribution in [0.25, 0.3) is 0 Å². The summed E-state index contributed by atoms with van der Waals surface area (Å²) >= 11 is 0. The van der Waals surface area contributed by atoms with Crippen LogP contribution in [0.2, 0.25) is 0 Å². The monoisotopic (exact) mass is 224 g/mol. The highest BCUT2D eigenvalue weighted by Gasteiger charge is 2.17. The van der Waals surface area contributed by atoms with Crippen LogP contribution in [0.15, 0.2) is 4.99 Å². The van der Waals surface area contributed by atoms with Crippen LogP contribution in [0.3, 0.4) is 0 Å². The van der Waals surface area contributed by atoms with Gasteiger partial charge in [-0.2, -0.15) is 0 Å². The summed E-state index contributed by atoms with van der Waals surface area (Å²) < 4.78 is 0. The van der Waals surface area contributed by atoms with Crippen LogP contribution in [0.4, 0.5) is 0 Å². The Hall–Kier alpha value is -0.770. The maximum absolute atomic E-state index is 4.40. The molecule has 2 heterocycles. The molecule has 0 spiro atoms. The molecule has 4 heteroatoms. The first-order chi connectivity index (χ1) is 7.74. The van der Waals surface area contributed by atoms with Gasteiger partial charge in [0.1, 0.15) is 0 Å². The Morgan fingerprint density at radius 3 is 3.12 bits per heavy atom. The summed E-state index contributed by atoms with van der Waals surface area (Å²) in [7, 11) is 2.23. The number of hydrogen-bond donors (Lipinski definition) is 2. The molecule has 2 atom stereocenters. The average molecular weight is 224 g/mol. The Kier molecular flexibility index (Phi) is 4.04. The number of likely N-dealkylation sites (tertiary alicyclic amines) is 1. The number of aliphatic imine (C=N–C) groups is 1.